The molecule has 2 aliphatic rings. The Bertz CT molecular complexity index is 853. The SMILES string of the molecule is CC1(C(=O)NCc2nc3ccccc3c(=O)[nH]2)CC12CCNCC2. The molecule has 0 radical (unpaired) electrons. The van der Waals surface area contributed by atoms with E-state index in [-0.39, 0.29) is 28.8 Å². The molecule has 2 aromatic rings. The maximum Gasteiger partial charge on any atom is 0.258 e. The normalized spacial score (nSPS) is 24.9. The highest BCUT2D eigenvalue weighted by Crippen LogP contribution is 2.68. The van der Waals surface area contributed by atoms with Crippen molar-refractivity contribution in [1.82, 2.24) is 20.6 Å². The molecule has 2 heterocycles. The summed E-state index contributed by atoms with van der Waals surface area (Å²) in [7, 11) is 0. The minimum absolute atomic E-state index is 0.0696. The highest BCUT2D eigenvalue weighted by atomic mass is 16.2. The smallest absolute Gasteiger partial charge is 0.258 e. The van der Waals surface area contributed by atoms with Crippen LogP contribution in [0.1, 0.15) is 32.0 Å². The number of hydrogen-bond donors (Lipinski definition) is 3. The van der Waals surface area contributed by atoms with Crippen molar-refractivity contribution in [3.05, 3.63) is 40.4 Å². The third kappa shape index (κ3) is 2.33. The van der Waals surface area contributed by atoms with Crippen LogP contribution >= 0.6 is 0 Å². The average molecular weight is 326 g/mol. The molecule has 1 amide bonds. The lowest BCUT2D eigenvalue weighted by Gasteiger charge is -2.27. The molecule has 1 aromatic heterocycles. The molecular weight excluding hydrogens is 304 g/mol. The summed E-state index contributed by atoms with van der Waals surface area (Å²) in [5, 5.41) is 6.89. The van der Waals surface area contributed by atoms with Gasteiger partial charge >= 0.3 is 0 Å². The fourth-order valence-corrected chi connectivity index (χ4v) is 4.17. The van der Waals surface area contributed by atoms with E-state index >= 15 is 0 Å². The van der Waals surface area contributed by atoms with Crippen molar-refractivity contribution in [3.63, 3.8) is 0 Å². The number of para-hydroxylation sites is 1. The summed E-state index contributed by atoms with van der Waals surface area (Å²) in [6.45, 7) is 4.29. The van der Waals surface area contributed by atoms with Gasteiger partial charge in [0.05, 0.1) is 22.9 Å². The first-order valence-electron chi connectivity index (χ1n) is 8.51. The van der Waals surface area contributed by atoms with E-state index in [9.17, 15) is 9.59 Å². The summed E-state index contributed by atoms with van der Waals surface area (Å²) in [5.74, 6) is 0.566. The third-order valence-corrected chi connectivity index (χ3v) is 5.88. The summed E-state index contributed by atoms with van der Waals surface area (Å²) in [6.07, 6.45) is 3.07. The van der Waals surface area contributed by atoms with Crippen LogP contribution in [0.5, 0.6) is 0 Å². The lowest BCUT2D eigenvalue weighted by atomic mass is 9.85. The first-order chi connectivity index (χ1) is 11.5. The van der Waals surface area contributed by atoms with Crippen LogP contribution in [0.2, 0.25) is 0 Å². The van der Waals surface area contributed by atoms with E-state index in [1.807, 2.05) is 18.2 Å². The van der Waals surface area contributed by atoms with Crippen molar-refractivity contribution >= 4 is 16.8 Å². The van der Waals surface area contributed by atoms with E-state index in [4.69, 9.17) is 0 Å². The summed E-state index contributed by atoms with van der Waals surface area (Å²) in [4.78, 5) is 31.9. The van der Waals surface area contributed by atoms with Gasteiger partial charge in [-0.25, -0.2) is 4.98 Å². The molecule has 126 valence electrons. The van der Waals surface area contributed by atoms with Gasteiger partial charge < -0.3 is 15.6 Å². The van der Waals surface area contributed by atoms with Crippen LogP contribution in [0.4, 0.5) is 0 Å². The van der Waals surface area contributed by atoms with E-state index in [0.29, 0.717) is 16.7 Å². The largest absolute Gasteiger partial charge is 0.348 e. The fourth-order valence-electron chi connectivity index (χ4n) is 4.17. The number of nitrogens with zero attached hydrogens (tertiary/aromatic N) is 1. The maximum absolute atomic E-state index is 12.7. The summed E-state index contributed by atoms with van der Waals surface area (Å²) >= 11 is 0. The van der Waals surface area contributed by atoms with E-state index in [1.165, 1.54) is 0 Å². The molecule has 1 spiro atoms. The number of nitrogens with one attached hydrogen (secondary N) is 3. The van der Waals surface area contributed by atoms with Gasteiger partial charge in [0.2, 0.25) is 5.91 Å². The van der Waals surface area contributed by atoms with Gasteiger partial charge in [0.15, 0.2) is 0 Å². The zero-order valence-electron chi connectivity index (χ0n) is 13.8. The average Bonchev–Trinajstić information content (AvgIpc) is 3.17. The molecule has 6 heteroatoms. The van der Waals surface area contributed by atoms with E-state index < -0.39 is 0 Å². The van der Waals surface area contributed by atoms with Gasteiger partial charge in [-0.1, -0.05) is 19.1 Å². The van der Waals surface area contributed by atoms with Gasteiger partial charge in [0, 0.05) is 0 Å². The van der Waals surface area contributed by atoms with Crippen LogP contribution in [0.25, 0.3) is 10.9 Å². The van der Waals surface area contributed by atoms with Crippen LogP contribution in [-0.4, -0.2) is 29.0 Å². The monoisotopic (exact) mass is 326 g/mol. The maximum atomic E-state index is 12.7. The Morgan fingerprint density at radius 2 is 2.04 bits per heavy atom. The van der Waals surface area contributed by atoms with E-state index in [1.54, 1.807) is 6.07 Å². The van der Waals surface area contributed by atoms with Crippen molar-refractivity contribution in [2.24, 2.45) is 10.8 Å². The molecule has 6 nitrogen and oxygen atoms in total. The number of amides is 1. The Balaban J connectivity index is 1.47. The summed E-state index contributed by atoms with van der Waals surface area (Å²) in [6, 6.07) is 7.22. The predicted molar refractivity (Wildman–Crippen MR) is 91.5 cm³/mol. The lowest BCUT2D eigenvalue weighted by Crippen LogP contribution is -2.38. The Morgan fingerprint density at radius 1 is 1.29 bits per heavy atom. The van der Waals surface area contributed by atoms with Gasteiger partial charge in [-0.3, -0.25) is 9.59 Å². The first kappa shape index (κ1) is 15.3. The van der Waals surface area contributed by atoms with Gasteiger partial charge in [-0.2, -0.15) is 0 Å². The minimum Gasteiger partial charge on any atom is -0.348 e. The predicted octanol–water partition coefficient (Wildman–Crippen LogP) is 1.32. The van der Waals surface area contributed by atoms with Crippen LogP contribution in [0.15, 0.2) is 29.1 Å². The summed E-state index contributed by atoms with van der Waals surface area (Å²) < 4.78 is 0. The molecule has 1 aliphatic carbocycles. The summed E-state index contributed by atoms with van der Waals surface area (Å²) in [5.41, 5.74) is 0.356. The number of hydrogen-bond acceptors (Lipinski definition) is 4. The molecule has 2 fully saturated rings. The quantitative estimate of drug-likeness (QED) is 0.794. The van der Waals surface area contributed by atoms with Crippen molar-refractivity contribution in [1.29, 1.82) is 0 Å². The standard InChI is InChI=1S/C18H22N4O2/c1-17(11-18(17)6-8-19-9-7-18)16(24)20-10-14-21-13-5-3-2-4-12(13)15(23)22-14/h2-5,19H,6-11H2,1H3,(H,20,24)(H,21,22,23). The van der Waals surface area contributed by atoms with E-state index in [0.717, 1.165) is 32.4 Å². The van der Waals surface area contributed by atoms with E-state index in [2.05, 4.69) is 27.5 Å². The van der Waals surface area contributed by atoms with Gasteiger partial charge in [-0.05, 0) is 49.9 Å². The molecule has 3 N–H and O–H groups in total. The topological polar surface area (TPSA) is 86.9 Å². The molecule has 24 heavy (non-hydrogen) atoms. The zero-order chi connectivity index (χ0) is 16.8. The number of benzene rings is 1. The second-order valence-electron chi connectivity index (χ2n) is 7.25. The molecule has 1 unspecified atom stereocenters. The molecule has 1 saturated heterocycles. The highest BCUT2D eigenvalue weighted by Gasteiger charge is 2.67. The number of rotatable bonds is 3. The number of aromatic amines is 1. The van der Waals surface area contributed by atoms with Crippen LogP contribution in [0.3, 0.4) is 0 Å². The minimum atomic E-state index is -0.285. The second kappa shape index (κ2) is 5.41. The van der Waals surface area contributed by atoms with Gasteiger partial charge in [0.1, 0.15) is 5.82 Å². The fraction of sp³-hybridized carbons (Fsp3) is 0.500. The Kier molecular flexibility index (Phi) is 3.46. The molecule has 1 saturated carbocycles. The van der Waals surface area contributed by atoms with Crippen LogP contribution in [-0.2, 0) is 11.3 Å². The molecule has 4 rings (SSSR count). The number of carbonyl (C=O) groups excluding carboxylic acids is 1. The number of piperidine rings is 1. The third-order valence-electron chi connectivity index (χ3n) is 5.88. The van der Waals surface area contributed by atoms with Crippen molar-refractivity contribution in [3.8, 4) is 0 Å². The Hall–Kier alpha value is -2.21. The van der Waals surface area contributed by atoms with Crippen molar-refractivity contribution in [2.45, 2.75) is 32.7 Å². The molecule has 1 aliphatic heterocycles. The zero-order valence-corrected chi connectivity index (χ0v) is 13.8. The number of carbonyl (C=O) groups is 1. The van der Waals surface area contributed by atoms with Crippen molar-refractivity contribution < 1.29 is 4.79 Å². The molecule has 1 aromatic carbocycles. The number of H-pyrrole nitrogens is 1. The number of fused-ring (bicyclic) bond motifs is 1. The number of aromatic nitrogens is 2. The van der Waals surface area contributed by atoms with Crippen LogP contribution < -0.4 is 16.2 Å². The molecule has 0 bridgehead atoms. The Morgan fingerprint density at radius 3 is 2.83 bits per heavy atom. The Labute approximate surface area is 140 Å². The van der Waals surface area contributed by atoms with Crippen LogP contribution in [0, 0.1) is 10.8 Å². The van der Waals surface area contributed by atoms with Gasteiger partial charge in [0.25, 0.3) is 5.56 Å². The van der Waals surface area contributed by atoms with Gasteiger partial charge in [-0.15, -0.1) is 0 Å². The highest BCUT2D eigenvalue weighted by molar-refractivity contribution is 5.86. The second-order valence-corrected chi connectivity index (χ2v) is 7.25. The first-order valence-corrected chi connectivity index (χ1v) is 8.51. The van der Waals surface area contributed by atoms with Crippen molar-refractivity contribution in [2.75, 3.05) is 13.1 Å². The molecule has 1 atom stereocenters. The lowest BCUT2D eigenvalue weighted by molar-refractivity contribution is -0.127. The molecular formula is C18H22N4O2.